The van der Waals surface area contributed by atoms with Crippen molar-refractivity contribution in [3.8, 4) is 11.8 Å². The molecule has 0 spiro atoms. The first-order valence-corrected chi connectivity index (χ1v) is 9.17. The largest absolute Gasteiger partial charge is 0.497 e. The Hall–Kier alpha value is -2.91. The Morgan fingerprint density at radius 1 is 1.23 bits per heavy atom. The minimum atomic E-state index is -0.394. The number of hydrogen-bond acceptors (Lipinski definition) is 6. The van der Waals surface area contributed by atoms with Crippen molar-refractivity contribution in [2.75, 3.05) is 18.6 Å². The monoisotopic (exact) mass is 362 g/mol. The number of thioether (sulfide) groups is 1. The average molecular weight is 362 g/mol. The Morgan fingerprint density at radius 2 is 2.00 bits per heavy atom. The van der Waals surface area contributed by atoms with E-state index in [1.54, 1.807) is 7.11 Å². The fraction of sp³-hybridized carbons (Fsp3) is 0.200. The number of benzene rings is 2. The third-order valence-electron chi connectivity index (χ3n) is 4.65. The predicted octanol–water partition coefficient (Wildman–Crippen LogP) is 3.60. The van der Waals surface area contributed by atoms with Gasteiger partial charge in [-0.05, 0) is 47.5 Å². The highest BCUT2D eigenvalue weighted by molar-refractivity contribution is 8.17. The topological polar surface area (TPSA) is 74.6 Å². The number of amidine groups is 1. The van der Waals surface area contributed by atoms with E-state index in [1.807, 2.05) is 30.3 Å². The average Bonchev–Trinajstić information content (AvgIpc) is 3.11. The molecule has 2 aliphatic rings. The van der Waals surface area contributed by atoms with Gasteiger partial charge in [-0.1, -0.05) is 30.3 Å². The van der Waals surface area contributed by atoms with Crippen molar-refractivity contribution in [1.82, 2.24) is 0 Å². The zero-order chi connectivity index (χ0) is 18.1. The lowest BCUT2D eigenvalue weighted by atomic mass is 10.0. The Bertz CT molecular complexity index is 943. The molecule has 0 unspecified atom stereocenters. The number of rotatable bonds is 2. The minimum absolute atomic E-state index is 0.394. The van der Waals surface area contributed by atoms with Crippen molar-refractivity contribution in [3.63, 3.8) is 0 Å². The standard InChI is InChI=1S/C20H18N4OS/c1-25-15-8-6-14(7-9-15)18-16(12-21)19(22)26-20(23-18)24-11-10-13-4-2-3-5-17(13)24/h2-9,18H,10-11,22H2,1H3/t18-/m1/s1. The second-order valence-corrected chi connectivity index (χ2v) is 7.12. The van der Waals surface area contributed by atoms with Crippen LogP contribution in [0.1, 0.15) is 17.2 Å². The molecule has 6 heteroatoms. The number of nitrogens with two attached hydrogens (primary N) is 1. The number of hydrogen-bond donors (Lipinski definition) is 1. The molecule has 0 bridgehead atoms. The van der Waals surface area contributed by atoms with Crippen molar-refractivity contribution in [2.45, 2.75) is 12.5 Å². The molecule has 2 aromatic carbocycles. The summed E-state index contributed by atoms with van der Waals surface area (Å²) in [6, 6.07) is 17.8. The van der Waals surface area contributed by atoms with Gasteiger partial charge in [-0.15, -0.1) is 0 Å². The zero-order valence-corrected chi connectivity index (χ0v) is 15.2. The lowest BCUT2D eigenvalue weighted by molar-refractivity contribution is 0.414. The maximum absolute atomic E-state index is 9.59. The molecule has 0 aromatic heterocycles. The summed E-state index contributed by atoms with van der Waals surface area (Å²) in [5.74, 6) is 0.770. The summed E-state index contributed by atoms with van der Waals surface area (Å²) in [7, 11) is 1.63. The molecule has 0 amide bonds. The molecule has 5 nitrogen and oxygen atoms in total. The first-order valence-electron chi connectivity index (χ1n) is 8.36. The lowest BCUT2D eigenvalue weighted by Gasteiger charge is -2.27. The van der Waals surface area contributed by atoms with Gasteiger partial charge in [-0.3, -0.25) is 0 Å². The van der Waals surface area contributed by atoms with Crippen molar-refractivity contribution in [3.05, 3.63) is 70.3 Å². The van der Waals surface area contributed by atoms with Crippen LogP contribution in [0.3, 0.4) is 0 Å². The molecular formula is C20H18N4OS. The van der Waals surface area contributed by atoms with E-state index in [0.717, 1.165) is 29.4 Å². The van der Waals surface area contributed by atoms with Crippen LogP contribution in [-0.4, -0.2) is 18.8 Å². The maximum Gasteiger partial charge on any atom is 0.171 e. The van der Waals surface area contributed by atoms with Gasteiger partial charge in [0.15, 0.2) is 5.17 Å². The van der Waals surface area contributed by atoms with E-state index in [2.05, 4.69) is 29.2 Å². The fourth-order valence-electron chi connectivity index (χ4n) is 3.29. The van der Waals surface area contributed by atoms with Crippen molar-refractivity contribution >= 4 is 22.6 Å². The highest BCUT2D eigenvalue weighted by Gasteiger charge is 2.31. The number of fused-ring (bicyclic) bond motifs is 1. The summed E-state index contributed by atoms with van der Waals surface area (Å²) in [5, 5.41) is 11.0. The second kappa shape index (κ2) is 6.77. The zero-order valence-electron chi connectivity index (χ0n) is 14.3. The Kier molecular flexibility index (Phi) is 4.31. The summed E-state index contributed by atoms with van der Waals surface area (Å²) in [4.78, 5) is 7.09. The van der Waals surface area contributed by atoms with Crippen LogP contribution in [0.4, 0.5) is 5.69 Å². The number of anilines is 1. The minimum Gasteiger partial charge on any atom is -0.497 e. The Morgan fingerprint density at radius 3 is 2.73 bits per heavy atom. The Balaban J connectivity index is 1.73. The molecule has 2 aromatic rings. The molecule has 1 atom stereocenters. The van der Waals surface area contributed by atoms with Crippen LogP contribution in [0.15, 0.2) is 64.1 Å². The summed E-state index contributed by atoms with van der Waals surface area (Å²) in [6.07, 6.45) is 0.984. The molecule has 0 fully saturated rings. The van der Waals surface area contributed by atoms with Gasteiger partial charge in [0.05, 0.1) is 17.7 Å². The first kappa shape index (κ1) is 16.6. The van der Waals surface area contributed by atoms with Crippen LogP contribution in [-0.2, 0) is 6.42 Å². The summed E-state index contributed by atoms with van der Waals surface area (Å²) >= 11 is 1.37. The van der Waals surface area contributed by atoms with Gasteiger partial charge in [-0.2, -0.15) is 5.26 Å². The van der Waals surface area contributed by atoms with Crippen molar-refractivity contribution < 1.29 is 4.74 Å². The van der Waals surface area contributed by atoms with Crippen LogP contribution in [0.25, 0.3) is 0 Å². The highest BCUT2D eigenvalue weighted by Crippen LogP contribution is 2.40. The lowest BCUT2D eigenvalue weighted by Crippen LogP contribution is -2.30. The molecule has 2 aliphatic heterocycles. The third-order valence-corrected chi connectivity index (χ3v) is 5.60. The number of aliphatic imine (C=N–C) groups is 1. The summed E-state index contributed by atoms with van der Waals surface area (Å²) in [6.45, 7) is 0.871. The Labute approximate surface area is 156 Å². The normalized spacial score (nSPS) is 19.0. The number of para-hydroxylation sites is 1. The molecule has 130 valence electrons. The molecule has 0 radical (unpaired) electrons. The van der Waals surface area contributed by atoms with Crippen LogP contribution in [0, 0.1) is 11.3 Å². The van der Waals surface area contributed by atoms with E-state index in [4.69, 9.17) is 15.5 Å². The van der Waals surface area contributed by atoms with Crippen molar-refractivity contribution in [2.24, 2.45) is 10.7 Å². The maximum atomic E-state index is 9.59. The molecule has 2 heterocycles. The van der Waals surface area contributed by atoms with Crippen molar-refractivity contribution in [1.29, 1.82) is 5.26 Å². The summed E-state index contributed by atoms with van der Waals surface area (Å²) in [5.41, 5.74) is 10.1. The van der Waals surface area contributed by atoms with E-state index in [9.17, 15) is 5.26 Å². The first-order chi connectivity index (χ1) is 12.7. The van der Waals surface area contributed by atoms with Crippen LogP contribution >= 0.6 is 11.8 Å². The smallest absolute Gasteiger partial charge is 0.171 e. The van der Waals surface area contributed by atoms with Gasteiger partial charge in [0.1, 0.15) is 17.9 Å². The van der Waals surface area contributed by atoms with Gasteiger partial charge < -0.3 is 15.4 Å². The quantitative estimate of drug-likeness (QED) is 0.883. The molecule has 26 heavy (non-hydrogen) atoms. The molecule has 0 saturated heterocycles. The molecule has 0 aliphatic carbocycles. The van der Waals surface area contributed by atoms with Gasteiger partial charge in [0.25, 0.3) is 0 Å². The summed E-state index contributed by atoms with van der Waals surface area (Å²) < 4.78 is 5.22. The number of nitriles is 1. The second-order valence-electron chi connectivity index (χ2n) is 6.11. The van der Waals surface area contributed by atoms with Crippen LogP contribution in [0.2, 0.25) is 0 Å². The number of methoxy groups -OCH3 is 1. The van der Waals surface area contributed by atoms with Crippen LogP contribution in [0.5, 0.6) is 5.75 Å². The van der Waals surface area contributed by atoms with Gasteiger partial charge >= 0.3 is 0 Å². The van der Waals surface area contributed by atoms with E-state index in [0.29, 0.717) is 10.6 Å². The van der Waals surface area contributed by atoms with Crippen LogP contribution < -0.4 is 15.4 Å². The highest BCUT2D eigenvalue weighted by atomic mass is 32.2. The van der Waals surface area contributed by atoms with Gasteiger partial charge in [0, 0.05) is 12.2 Å². The van der Waals surface area contributed by atoms with E-state index in [-0.39, 0.29) is 0 Å². The number of ether oxygens (including phenoxy) is 1. The molecule has 2 N–H and O–H groups in total. The van der Waals surface area contributed by atoms with E-state index >= 15 is 0 Å². The SMILES string of the molecule is COc1ccc([C@H]2N=C(N3CCc4ccccc43)SC(N)=C2C#N)cc1. The van der Waals surface area contributed by atoms with Gasteiger partial charge in [0.2, 0.25) is 0 Å². The van der Waals surface area contributed by atoms with Gasteiger partial charge in [-0.25, -0.2) is 4.99 Å². The third kappa shape index (κ3) is 2.80. The molecule has 4 rings (SSSR count). The van der Waals surface area contributed by atoms with E-state index in [1.165, 1.54) is 23.0 Å². The number of nitrogens with zero attached hydrogens (tertiary/aromatic N) is 3. The fourth-order valence-corrected chi connectivity index (χ4v) is 4.22. The molecular weight excluding hydrogens is 344 g/mol. The predicted molar refractivity (Wildman–Crippen MR) is 105 cm³/mol. The van der Waals surface area contributed by atoms with E-state index < -0.39 is 6.04 Å². The molecule has 0 saturated carbocycles.